The molecule has 0 saturated heterocycles. The number of nitrogens with one attached hydrogen (secondary N) is 1. The maximum atomic E-state index is 14.4. The number of carbonyl (C=O) groups is 1. The van der Waals surface area contributed by atoms with Gasteiger partial charge in [0.05, 0.1) is 31.0 Å². The average Bonchev–Trinajstić information content (AvgIpc) is 2.77. The smallest absolute Gasteiger partial charge is 0.264 e. The lowest BCUT2D eigenvalue weighted by Gasteiger charge is -2.24. The van der Waals surface area contributed by atoms with Crippen molar-refractivity contribution in [3.63, 3.8) is 0 Å². The van der Waals surface area contributed by atoms with Crippen LogP contribution >= 0.6 is 0 Å². The molecule has 1 amide bonds. The van der Waals surface area contributed by atoms with Crippen LogP contribution in [0.1, 0.15) is 35.2 Å². The van der Waals surface area contributed by atoms with Gasteiger partial charge in [0.15, 0.2) is 0 Å². The van der Waals surface area contributed by atoms with E-state index in [1.807, 2.05) is 6.07 Å². The molecular formula is C24H24FN3O5S. The standard InChI is InChI=1S/C24H24FN3O5S/c1-34(30,31)28-24(29)18-8-9-19(21(25)11-18)15-32-20-7-3-6-17(10-20)22-12-27-23(13-26-22)33-14-16-4-2-5-16/h3,6-13,16H,2,4-5,14-15H2,1H3,(H,28,29). The molecule has 1 aliphatic rings. The SMILES string of the molecule is CS(=O)(=O)NC(=O)c1ccc(COc2cccc(-c3cnc(OCC4CCC4)cn3)c2)c(F)c1. The van der Waals surface area contributed by atoms with E-state index in [0.29, 0.717) is 29.8 Å². The summed E-state index contributed by atoms with van der Waals surface area (Å²) >= 11 is 0. The van der Waals surface area contributed by atoms with Gasteiger partial charge < -0.3 is 9.47 Å². The number of rotatable bonds is 9. The molecule has 4 rings (SSSR count). The van der Waals surface area contributed by atoms with E-state index in [1.54, 1.807) is 35.3 Å². The Morgan fingerprint density at radius 1 is 1.12 bits per heavy atom. The third-order valence-corrected chi connectivity index (χ3v) is 5.99. The van der Waals surface area contributed by atoms with Crippen LogP contribution in [0.3, 0.4) is 0 Å². The minimum absolute atomic E-state index is 0.0805. The Bertz CT molecular complexity index is 1280. The highest BCUT2D eigenvalue weighted by molar-refractivity contribution is 7.89. The number of carbonyl (C=O) groups excluding carboxylic acids is 1. The summed E-state index contributed by atoms with van der Waals surface area (Å²) in [5.74, 6) is 0.0267. The van der Waals surface area contributed by atoms with Crippen molar-refractivity contribution >= 4 is 15.9 Å². The summed E-state index contributed by atoms with van der Waals surface area (Å²) in [6, 6.07) is 10.8. The van der Waals surface area contributed by atoms with Gasteiger partial charge in [-0.2, -0.15) is 0 Å². The first-order valence-electron chi connectivity index (χ1n) is 10.8. The first-order chi connectivity index (χ1) is 16.3. The number of halogens is 1. The summed E-state index contributed by atoms with van der Waals surface area (Å²) in [6.45, 7) is 0.583. The molecule has 2 aromatic carbocycles. The Morgan fingerprint density at radius 3 is 2.59 bits per heavy atom. The second-order valence-corrected chi connectivity index (χ2v) is 9.92. The predicted octanol–water partition coefficient (Wildman–Crippen LogP) is 3.73. The van der Waals surface area contributed by atoms with E-state index < -0.39 is 21.7 Å². The molecule has 0 aliphatic heterocycles. The van der Waals surface area contributed by atoms with Crippen LogP contribution < -0.4 is 14.2 Å². The number of hydrogen-bond acceptors (Lipinski definition) is 7. The third-order valence-electron chi connectivity index (χ3n) is 5.44. The molecule has 1 N–H and O–H groups in total. The maximum absolute atomic E-state index is 14.4. The zero-order valence-corrected chi connectivity index (χ0v) is 19.3. The van der Waals surface area contributed by atoms with Crippen molar-refractivity contribution in [1.82, 2.24) is 14.7 Å². The van der Waals surface area contributed by atoms with Gasteiger partial charge in [0.2, 0.25) is 15.9 Å². The number of benzene rings is 2. The van der Waals surface area contributed by atoms with E-state index in [9.17, 15) is 17.6 Å². The Balaban J connectivity index is 1.37. The highest BCUT2D eigenvalue weighted by atomic mass is 32.2. The summed E-state index contributed by atoms with van der Waals surface area (Å²) in [7, 11) is -3.74. The second kappa shape index (κ2) is 10.2. The van der Waals surface area contributed by atoms with Crippen molar-refractivity contribution < 1.29 is 27.1 Å². The van der Waals surface area contributed by atoms with Gasteiger partial charge in [-0.25, -0.2) is 27.5 Å². The van der Waals surface area contributed by atoms with Crippen LogP contribution in [0.25, 0.3) is 11.3 Å². The van der Waals surface area contributed by atoms with Gasteiger partial charge in [0.25, 0.3) is 5.91 Å². The van der Waals surface area contributed by atoms with Crippen LogP contribution in [0.5, 0.6) is 11.6 Å². The normalized spacial score (nSPS) is 13.7. The molecule has 3 aromatic rings. The Kier molecular flexibility index (Phi) is 7.06. The molecule has 178 valence electrons. The van der Waals surface area contributed by atoms with Gasteiger partial charge in [0.1, 0.15) is 18.2 Å². The Hall–Kier alpha value is -3.53. The maximum Gasteiger partial charge on any atom is 0.264 e. The summed E-state index contributed by atoms with van der Waals surface area (Å²) in [4.78, 5) is 20.6. The van der Waals surface area contributed by atoms with Crippen molar-refractivity contribution in [3.8, 4) is 22.9 Å². The number of sulfonamides is 1. The topological polar surface area (TPSA) is 107 Å². The van der Waals surface area contributed by atoms with E-state index in [-0.39, 0.29) is 17.7 Å². The molecule has 1 aliphatic carbocycles. The first kappa shape index (κ1) is 23.6. The monoisotopic (exact) mass is 485 g/mol. The fourth-order valence-electron chi connectivity index (χ4n) is 3.34. The lowest BCUT2D eigenvalue weighted by molar-refractivity contribution is 0.0981. The van der Waals surface area contributed by atoms with E-state index in [2.05, 4.69) is 9.97 Å². The Morgan fingerprint density at radius 2 is 1.94 bits per heavy atom. The molecule has 8 nitrogen and oxygen atoms in total. The van der Waals surface area contributed by atoms with E-state index >= 15 is 0 Å². The molecule has 1 heterocycles. The number of hydrogen-bond donors (Lipinski definition) is 1. The molecule has 0 radical (unpaired) electrons. The molecule has 0 bridgehead atoms. The highest BCUT2D eigenvalue weighted by Gasteiger charge is 2.18. The summed E-state index contributed by atoms with van der Waals surface area (Å²) in [6.07, 6.45) is 7.74. The van der Waals surface area contributed by atoms with Crippen molar-refractivity contribution in [1.29, 1.82) is 0 Å². The predicted molar refractivity (Wildman–Crippen MR) is 123 cm³/mol. The molecular weight excluding hydrogens is 461 g/mol. The molecule has 1 aromatic heterocycles. The van der Waals surface area contributed by atoms with Crippen molar-refractivity contribution in [2.24, 2.45) is 5.92 Å². The number of aromatic nitrogens is 2. The molecule has 1 fully saturated rings. The zero-order valence-electron chi connectivity index (χ0n) is 18.5. The van der Waals surface area contributed by atoms with E-state index in [0.717, 1.165) is 17.9 Å². The average molecular weight is 486 g/mol. The van der Waals surface area contributed by atoms with E-state index in [4.69, 9.17) is 9.47 Å². The summed E-state index contributed by atoms with van der Waals surface area (Å²) in [5, 5.41) is 0. The number of nitrogens with zero attached hydrogens (tertiary/aromatic N) is 2. The molecule has 34 heavy (non-hydrogen) atoms. The van der Waals surface area contributed by atoms with Crippen LogP contribution in [0, 0.1) is 11.7 Å². The van der Waals surface area contributed by atoms with Crippen LogP contribution in [0.2, 0.25) is 0 Å². The van der Waals surface area contributed by atoms with Crippen molar-refractivity contribution in [2.75, 3.05) is 12.9 Å². The second-order valence-electron chi connectivity index (χ2n) is 8.17. The fourth-order valence-corrected chi connectivity index (χ4v) is 3.80. The van der Waals surface area contributed by atoms with Gasteiger partial charge in [-0.1, -0.05) is 24.6 Å². The van der Waals surface area contributed by atoms with Crippen LogP contribution in [-0.2, 0) is 16.6 Å². The minimum Gasteiger partial charge on any atom is -0.489 e. The summed E-state index contributed by atoms with van der Waals surface area (Å²) < 4.78 is 50.0. The van der Waals surface area contributed by atoms with Gasteiger partial charge >= 0.3 is 0 Å². The van der Waals surface area contributed by atoms with Crippen LogP contribution in [-0.4, -0.2) is 37.2 Å². The van der Waals surface area contributed by atoms with Gasteiger partial charge in [-0.05, 0) is 43.0 Å². The minimum atomic E-state index is -3.74. The molecule has 1 saturated carbocycles. The highest BCUT2D eigenvalue weighted by Crippen LogP contribution is 2.27. The first-order valence-corrected chi connectivity index (χ1v) is 12.6. The third kappa shape index (κ3) is 6.28. The molecule has 10 heteroatoms. The number of amides is 1. The Labute approximate surface area is 197 Å². The lowest BCUT2D eigenvalue weighted by atomic mass is 9.86. The van der Waals surface area contributed by atoms with Crippen LogP contribution in [0.4, 0.5) is 4.39 Å². The molecule has 0 unspecified atom stereocenters. The van der Waals surface area contributed by atoms with E-state index in [1.165, 1.54) is 31.4 Å². The summed E-state index contributed by atoms with van der Waals surface area (Å²) in [5.41, 5.74) is 1.54. The zero-order chi connectivity index (χ0) is 24.1. The molecule has 0 atom stereocenters. The largest absolute Gasteiger partial charge is 0.489 e. The van der Waals surface area contributed by atoms with Crippen molar-refractivity contribution in [2.45, 2.75) is 25.9 Å². The molecule has 0 spiro atoms. The number of ether oxygens (including phenoxy) is 2. The van der Waals surface area contributed by atoms with Crippen LogP contribution in [0.15, 0.2) is 54.9 Å². The lowest BCUT2D eigenvalue weighted by Crippen LogP contribution is -2.29. The quantitative estimate of drug-likeness (QED) is 0.492. The fraction of sp³-hybridized carbons (Fsp3) is 0.292. The van der Waals surface area contributed by atoms with Gasteiger partial charge in [-0.3, -0.25) is 4.79 Å². The van der Waals surface area contributed by atoms with Gasteiger partial charge in [0, 0.05) is 16.7 Å². The van der Waals surface area contributed by atoms with Gasteiger partial charge in [-0.15, -0.1) is 0 Å². The van der Waals surface area contributed by atoms with Crippen molar-refractivity contribution in [3.05, 3.63) is 71.8 Å².